The Hall–Kier alpha value is -2.62. The molecule has 2 amide bonds. The van der Waals surface area contributed by atoms with Crippen molar-refractivity contribution in [1.29, 1.82) is 0 Å². The Labute approximate surface area is 186 Å². The minimum Gasteiger partial charge on any atom is -0.351 e. The molecule has 0 radical (unpaired) electrons. The number of amides is 2. The second-order valence-corrected chi connectivity index (χ2v) is 9.50. The number of carbonyl (C=O) groups excluding carboxylic acids is 2. The predicted octanol–water partition coefficient (Wildman–Crippen LogP) is 5.18. The molecule has 1 heterocycles. The maximum absolute atomic E-state index is 13.7. The summed E-state index contributed by atoms with van der Waals surface area (Å²) >= 11 is 0. The molecule has 2 aromatic rings. The third-order valence-corrected chi connectivity index (χ3v) is 7.01. The number of rotatable bonds is 4. The third kappa shape index (κ3) is 4.68. The zero-order chi connectivity index (χ0) is 21.8. The van der Waals surface area contributed by atoms with Gasteiger partial charge < -0.3 is 10.2 Å². The molecule has 1 atom stereocenters. The second kappa shape index (κ2) is 9.25. The average Bonchev–Trinajstić information content (AvgIpc) is 2.74. The van der Waals surface area contributed by atoms with Crippen molar-refractivity contribution in [2.24, 2.45) is 0 Å². The molecule has 1 N–H and O–H groups in total. The second-order valence-electron chi connectivity index (χ2n) is 9.50. The SMILES string of the molecule is Cc1ccc(CN2C(=O)c3ccccc3CC2(C)C(=O)NC2CCCCCCC2)cc1. The van der Waals surface area contributed by atoms with E-state index in [0.717, 1.165) is 36.8 Å². The molecule has 2 aromatic carbocycles. The number of hydrogen-bond donors (Lipinski definition) is 1. The normalized spacial score (nSPS) is 22.4. The van der Waals surface area contributed by atoms with E-state index in [1.807, 2.05) is 31.2 Å². The van der Waals surface area contributed by atoms with Crippen LogP contribution >= 0.6 is 0 Å². The van der Waals surface area contributed by atoms with E-state index in [0.29, 0.717) is 18.5 Å². The van der Waals surface area contributed by atoms with E-state index in [1.165, 1.54) is 24.8 Å². The van der Waals surface area contributed by atoms with E-state index in [1.54, 1.807) is 4.90 Å². The highest BCUT2D eigenvalue weighted by molar-refractivity contribution is 6.02. The molecule has 4 nitrogen and oxygen atoms in total. The van der Waals surface area contributed by atoms with Crippen LogP contribution in [0.5, 0.6) is 0 Å². The maximum Gasteiger partial charge on any atom is 0.255 e. The first-order chi connectivity index (χ1) is 15.0. The van der Waals surface area contributed by atoms with Gasteiger partial charge in [0.15, 0.2) is 0 Å². The van der Waals surface area contributed by atoms with Crippen molar-refractivity contribution >= 4 is 11.8 Å². The first-order valence-electron chi connectivity index (χ1n) is 11.7. The lowest BCUT2D eigenvalue weighted by atomic mass is 9.82. The van der Waals surface area contributed by atoms with Crippen molar-refractivity contribution in [3.05, 3.63) is 70.8 Å². The molecule has 0 spiro atoms. The van der Waals surface area contributed by atoms with Crippen LogP contribution in [-0.2, 0) is 17.8 Å². The molecular weight excluding hydrogens is 384 g/mol. The first-order valence-corrected chi connectivity index (χ1v) is 11.7. The summed E-state index contributed by atoms with van der Waals surface area (Å²) in [4.78, 5) is 29.0. The number of nitrogens with one attached hydrogen (secondary N) is 1. The lowest BCUT2D eigenvalue weighted by Crippen LogP contribution is -2.63. The van der Waals surface area contributed by atoms with Crippen LogP contribution in [0.2, 0.25) is 0 Å². The lowest BCUT2D eigenvalue weighted by molar-refractivity contribution is -0.132. The molecule has 1 aliphatic carbocycles. The highest BCUT2D eigenvalue weighted by atomic mass is 16.2. The first kappa shape index (κ1) is 21.6. The Balaban J connectivity index is 1.62. The maximum atomic E-state index is 13.7. The summed E-state index contributed by atoms with van der Waals surface area (Å²) < 4.78 is 0. The van der Waals surface area contributed by atoms with Gasteiger partial charge in [-0.15, -0.1) is 0 Å². The molecule has 0 saturated heterocycles. The van der Waals surface area contributed by atoms with Gasteiger partial charge in [-0.2, -0.15) is 0 Å². The summed E-state index contributed by atoms with van der Waals surface area (Å²) in [5.74, 6) is -0.0780. The fourth-order valence-electron chi connectivity index (χ4n) is 4.99. The largest absolute Gasteiger partial charge is 0.351 e. The van der Waals surface area contributed by atoms with Crippen molar-refractivity contribution in [1.82, 2.24) is 10.2 Å². The monoisotopic (exact) mass is 418 g/mol. The minimum absolute atomic E-state index is 0.0203. The molecule has 164 valence electrons. The number of hydrogen-bond acceptors (Lipinski definition) is 2. The lowest BCUT2D eigenvalue weighted by Gasteiger charge is -2.44. The van der Waals surface area contributed by atoms with E-state index < -0.39 is 5.54 Å². The molecular formula is C27H34N2O2. The Bertz CT molecular complexity index is 929. The van der Waals surface area contributed by atoms with Crippen molar-refractivity contribution in [3.63, 3.8) is 0 Å². The summed E-state index contributed by atoms with van der Waals surface area (Å²) in [6.07, 6.45) is 8.72. The molecule has 1 unspecified atom stereocenters. The Kier molecular flexibility index (Phi) is 6.45. The molecule has 1 fully saturated rings. The predicted molar refractivity (Wildman–Crippen MR) is 124 cm³/mol. The summed E-state index contributed by atoms with van der Waals surface area (Å²) in [6.45, 7) is 4.42. The number of nitrogens with zero attached hydrogens (tertiary/aromatic N) is 1. The van der Waals surface area contributed by atoms with Crippen molar-refractivity contribution < 1.29 is 9.59 Å². The van der Waals surface area contributed by atoms with E-state index in [4.69, 9.17) is 0 Å². The standard InChI is InChI=1S/C27H34N2O2/c1-20-14-16-21(17-15-20)19-29-25(30)24-13-9-8-10-22(24)18-27(29,2)26(31)28-23-11-6-4-3-5-7-12-23/h8-10,13-17,23H,3-7,11-12,18-19H2,1-2H3,(H,28,31). The molecule has 0 bridgehead atoms. The van der Waals surface area contributed by atoms with Gasteiger partial charge in [0.2, 0.25) is 5.91 Å². The smallest absolute Gasteiger partial charge is 0.255 e. The molecule has 2 aliphatic rings. The van der Waals surface area contributed by atoms with E-state index in [9.17, 15) is 9.59 Å². The highest BCUT2D eigenvalue weighted by Gasteiger charge is 2.47. The Morgan fingerprint density at radius 3 is 2.35 bits per heavy atom. The molecule has 4 heteroatoms. The van der Waals surface area contributed by atoms with E-state index in [2.05, 4.69) is 36.5 Å². The fraction of sp³-hybridized carbons (Fsp3) is 0.481. The van der Waals surface area contributed by atoms with Crippen molar-refractivity contribution in [2.45, 2.75) is 83.3 Å². The third-order valence-electron chi connectivity index (χ3n) is 7.01. The van der Waals surface area contributed by atoms with Crippen LogP contribution in [0.1, 0.15) is 78.9 Å². The molecule has 0 aromatic heterocycles. The van der Waals surface area contributed by atoms with Gasteiger partial charge in [-0.1, -0.05) is 80.1 Å². The summed E-state index contributed by atoms with van der Waals surface area (Å²) in [7, 11) is 0. The van der Waals surface area contributed by atoms with Crippen LogP contribution in [-0.4, -0.2) is 28.3 Å². The van der Waals surface area contributed by atoms with Crippen LogP contribution in [0.15, 0.2) is 48.5 Å². The van der Waals surface area contributed by atoms with Crippen LogP contribution < -0.4 is 5.32 Å². The van der Waals surface area contributed by atoms with Crippen LogP contribution in [0.4, 0.5) is 0 Å². The fourth-order valence-corrected chi connectivity index (χ4v) is 4.99. The van der Waals surface area contributed by atoms with Crippen LogP contribution in [0, 0.1) is 6.92 Å². The zero-order valence-electron chi connectivity index (χ0n) is 18.8. The highest BCUT2D eigenvalue weighted by Crippen LogP contribution is 2.33. The Morgan fingerprint density at radius 2 is 1.65 bits per heavy atom. The van der Waals surface area contributed by atoms with E-state index in [-0.39, 0.29) is 17.9 Å². The van der Waals surface area contributed by atoms with Gasteiger partial charge in [0.05, 0.1) is 0 Å². The van der Waals surface area contributed by atoms with Crippen molar-refractivity contribution in [3.8, 4) is 0 Å². The quantitative estimate of drug-likeness (QED) is 0.744. The van der Waals surface area contributed by atoms with Crippen LogP contribution in [0.3, 0.4) is 0 Å². The molecule has 1 saturated carbocycles. The van der Waals surface area contributed by atoms with Gasteiger partial charge in [-0.25, -0.2) is 0 Å². The van der Waals surface area contributed by atoms with Gasteiger partial charge >= 0.3 is 0 Å². The summed E-state index contributed by atoms with van der Waals surface area (Å²) in [6, 6.07) is 16.1. The van der Waals surface area contributed by atoms with Gasteiger partial charge in [0.25, 0.3) is 5.91 Å². The number of aryl methyl sites for hydroxylation is 1. The number of carbonyl (C=O) groups is 2. The molecule has 4 rings (SSSR count). The zero-order valence-corrected chi connectivity index (χ0v) is 18.8. The van der Waals surface area contributed by atoms with E-state index >= 15 is 0 Å². The van der Waals surface area contributed by atoms with Crippen LogP contribution in [0.25, 0.3) is 0 Å². The van der Waals surface area contributed by atoms with Gasteiger partial charge in [0, 0.05) is 24.6 Å². The summed E-state index contributed by atoms with van der Waals surface area (Å²) in [5, 5.41) is 3.34. The van der Waals surface area contributed by atoms with Gasteiger partial charge in [-0.3, -0.25) is 9.59 Å². The van der Waals surface area contributed by atoms with Gasteiger partial charge in [0.1, 0.15) is 5.54 Å². The Morgan fingerprint density at radius 1 is 1.00 bits per heavy atom. The summed E-state index contributed by atoms with van der Waals surface area (Å²) in [5.41, 5.74) is 3.00. The molecule has 31 heavy (non-hydrogen) atoms. The number of fused-ring (bicyclic) bond motifs is 1. The average molecular weight is 419 g/mol. The van der Waals surface area contributed by atoms with Gasteiger partial charge in [-0.05, 0) is 43.9 Å². The number of benzene rings is 2. The van der Waals surface area contributed by atoms with Crippen molar-refractivity contribution in [2.75, 3.05) is 0 Å². The topological polar surface area (TPSA) is 49.4 Å². The molecule has 1 aliphatic heterocycles. The minimum atomic E-state index is -0.904.